The predicted molar refractivity (Wildman–Crippen MR) is 160 cm³/mol. The van der Waals surface area contributed by atoms with Gasteiger partial charge >= 0.3 is 0 Å². The zero-order chi connectivity index (χ0) is 28.5. The van der Waals surface area contributed by atoms with E-state index in [-0.39, 0.29) is 12.2 Å². The third-order valence-corrected chi connectivity index (χ3v) is 8.99. The number of thiophene rings is 1. The van der Waals surface area contributed by atoms with Crippen molar-refractivity contribution in [1.82, 2.24) is 19.9 Å². The fourth-order valence-corrected chi connectivity index (χ4v) is 7.04. The van der Waals surface area contributed by atoms with Gasteiger partial charge in [-0.25, -0.2) is 14.4 Å². The molecule has 4 aromatic heterocycles. The number of thiazole rings is 1. The summed E-state index contributed by atoms with van der Waals surface area (Å²) in [5.74, 6) is -0.0215. The topological polar surface area (TPSA) is 101 Å². The van der Waals surface area contributed by atoms with Gasteiger partial charge in [-0.2, -0.15) is 0 Å². The molecule has 1 aromatic carbocycles. The number of nitrogens with zero attached hydrogens (tertiary/aromatic N) is 3. The average Bonchev–Trinajstić information content (AvgIpc) is 3.64. The number of pyridine rings is 2. The summed E-state index contributed by atoms with van der Waals surface area (Å²) in [6.45, 7) is 5.53. The van der Waals surface area contributed by atoms with Crippen molar-refractivity contribution in [3.8, 4) is 38.8 Å². The van der Waals surface area contributed by atoms with Crippen molar-refractivity contribution in [2.75, 3.05) is 26.9 Å². The van der Waals surface area contributed by atoms with E-state index < -0.39 is 12.0 Å². The smallest absolute Gasteiger partial charge is 0.247 e. The first-order valence-corrected chi connectivity index (χ1v) is 14.7. The van der Waals surface area contributed by atoms with Crippen molar-refractivity contribution in [1.29, 1.82) is 0 Å². The van der Waals surface area contributed by atoms with Crippen LogP contribution in [0.25, 0.3) is 43.2 Å². The first kappa shape index (κ1) is 27.4. The second-order valence-corrected chi connectivity index (χ2v) is 11.5. The van der Waals surface area contributed by atoms with Crippen LogP contribution in [0, 0.1) is 5.82 Å². The highest BCUT2D eigenvalue weighted by Gasteiger charge is 2.28. The molecule has 0 fully saturated rings. The molecule has 210 valence electrons. The minimum Gasteiger partial charge on any atom is -0.490 e. The normalized spacial score (nSPS) is 14.2. The summed E-state index contributed by atoms with van der Waals surface area (Å²) in [7, 11) is 1.59. The van der Waals surface area contributed by atoms with Crippen molar-refractivity contribution in [3.63, 3.8) is 0 Å². The summed E-state index contributed by atoms with van der Waals surface area (Å²) in [5, 5.41) is 14.0. The SMILES string of the molecule is C=CC(O)N1CCc2nc(-c3nc(-c4ccc(=O)[nH]c4)c4ccsc4c3-c3ccc(F)cc3OCCOC)sc2C1. The van der Waals surface area contributed by atoms with E-state index in [1.807, 2.05) is 16.3 Å². The van der Waals surface area contributed by atoms with E-state index >= 15 is 0 Å². The molecule has 0 bridgehead atoms. The molecule has 0 amide bonds. The lowest BCUT2D eigenvalue weighted by Crippen LogP contribution is -2.37. The maximum atomic E-state index is 14.5. The average molecular weight is 591 g/mol. The van der Waals surface area contributed by atoms with E-state index in [0.717, 1.165) is 31.8 Å². The van der Waals surface area contributed by atoms with Crippen LogP contribution in [0.15, 0.2) is 65.4 Å². The number of H-pyrrole nitrogens is 1. The van der Waals surface area contributed by atoms with Crippen LogP contribution < -0.4 is 10.3 Å². The number of aromatic amines is 1. The van der Waals surface area contributed by atoms with Crippen LogP contribution in [0.1, 0.15) is 10.6 Å². The summed E-state index contributed by atoms with van der Waals surface area (Å²) < 4.78 is 26.6. The third-order valence-electron chi connectivity index (χ3n) is 6.97. The third kappa shape index (κ3) is 5.34. The Balaban J connectivity index is 1.58. The lowest BCUT2D eigenvalue weighted by molar-refractivity contribution is 0.0325. The number of aliphatic hydroxyl groups excluding tert-OH is 1. The number of aliphatic hydroxyl groups is 1. The molecule has 1 unspecified atom stereocenters. The number of aromatic nitrogens is 3. The molecule has 41 heavy (non-hydrogen) atoms. The molecule has 5 aromatic rings. The zero-order valence-corrected chi connectivity index (χ0v) is 23.9. The molecule has 0 spiro atoms. The summed E-state index contributed by atoms with van der Waals surface area (Å²) >= 11 is 3.08. The summed E-state index contributed by atoms with van der Waals surface area (Å²) in [4.78, 5) is 27.8. The van der Waals surface area contributed by atoms with Crippen molar-refractivity contribution in [2.45, 2.75) is 19.2 Å². The molecule has 5 heterocycles. The van der Waals surface area contributed by atoms with Gasteiger partial charge in [0.15, 0.2) is 0 Å². The summed E-state index contributed by atoms with van der Waals surface area (Å²) in [6.07, 6.45) is 3.13. The fourth-order valence-electron chi connectivity index (χ4n) is 4.96. The van der Waals surface area contributed by atoms with Crippen LogP contribution in [0.4, 0.5) is 4.39 Å². The largest absolute Gasteiger partial charge is 0.490 e. The molecule has 0 aliphatic carbocycles. The molecule has 0 saturated carbocycles. The maximum Gasteiger partial charge on any atom is 0.247 e. The van der Waals surface area contributed by atoms with Gasteiger partial charge in [-0.05, 0) is 35.7 Å². The number of hydrogen-bond acceptors (Lipinski definition) is 9. The first-order valence-electron chi connectivity index (χ1n) is 13.0. The number of hydrogen-bond donors (Lipinski definition) is 2. The van der Waals surface area contributed by atoms with Crippen molar-refractivity contribution < 1.29 is 19.0 Å². The molecule has 11 heteroatoms. The molecule has 8 nitrogen and oxygen atoms in total. The van der Waals surface area contributed by atoms with E-state index in [0.29, 0.717) is 53.8 Å². The number of rotatable bonds is 9. The summed E-state index contributed by atoms with van der Waals surface area (Å²) in [6, 6.07) is 9.74. The maximum absolute atomic E-state index is 14.5. The molecular formula is C30H27FN4O4S2. The van der Waals surface area contributed by atoms with Gasteiger partial charge < -0.3 is 19.6 Å². The number of fused-ring (bicyclic) bond motifs is 2. The van der Waals surface area contributed by atoms with Crippen LogP contribution in [-0.4, -0.2) is 58.1 Å². The van der Waals surface area contributed by atoms with Crippen LogP contribution in [-0.2, 0) is 17.7 Å². The van der Waals surface area contributed by atoms with E-state index in [4.69, 9.17) is 19.4 Å². The molecule has 6 rings (SSSR count). The van der Waals surface area contributed by atoms with Gasteiger partial charge in [0.05, 0.1) is 18.0 Å². The quantitative estimate of drug-likeness (QED) is 0.174. The van der Waals surface area contributed by atoms with Gasteiger partial charge in [-0.3, -0.25) is 9.69 Å². The molecular weight excluding hydrogens is 563 g/mol. The Morgan fingerprint density at radius 2 is 2.10 bits per heavy atom. The van der Waals surface area contributed by atoms with E-state index in [1.165, 1.54) is 35.6 Å². The fraction of sp³-hybridized carbons (Fsp3) is 0.233. The van der Waals surface area contributed by atoms with Gasteiger partial charge in [0.2, 0.25) is 5.56 Å². The Hall–Kier alpha value is -3.74. The molecule has 0 saturated heterocycles. The van der Waals surface area contributed by atoms with Crippen LogP contribution in [0.2, 0.25) is 0 Å². The Labute approximate surface area is 243 Å². The number of methoxy groups -OCH3 is 1. The predicted octanol–water partition coefficient (Wildman–Crippen LogP) is 5.47. The van der Waals surface area contributed by atoms with Gasteiger partial charge in [0.1, 0.15) is 35.1 Å². The van der Waals surface area contributed by atoms with E-state index in [9.17, 15) is 14.3 Å². The van der Waals surface area contributed by atoms with Crippen molar-refractivity contribution in [2.24, 2.45) is 0 Å². The van der Waals surface area contributed by atoms with Crippen LogP contribution >= 0.6 is 22.7 Å². The van der Waals surface area contributed by atoms with Gasteiger partial charge in [0.25, 0.3) is 0 Å². The minimum atomic E-state index is -0.734. The highest BCUT2D eigenvalue weighted by atomic mass is 32.1. The number of halogens is 1. The number of ether oxygens (including phenoxy) is 2. The Morgan fingerprint density at radius 1 is 1.22 bits per heavy atom. The Bertz CT molecular complexity index is 1780. The second kappa shape index (κ2) is 11.6. The van der Waals surface area contributed by atoms with Crippen molar-refractivity contribution >= 4 is 32.8 Å². The molecule has 0 radical (unpaired) electrons. The number of benzene rings is 1. The standard InChI is InChI=1S/C30H27FN4O4S2/c1-3-25(37)35-10-8-21-23(16-35)41-30(33-21)28-26(19-6-5-18(31)14-22(19)39-12-11-38-2)29-20(9-13-40-29)27(34-28)17-4-7-24(36)32-15-17/h3-7,9,13-15,25,37H,1,8,10-12,16H2,2H3,(H,32,36). The minimum absolute atomic E-state index is 0.199. The van der Waals surface area contributed by atoms with Crippen LogP contribution in [0.3, 0.4) is 0 Å². The highest BCUT2D eigenvalue weighted by molar-refractivity contribution is 7.18. The van der Waals surface area contributed by atoms with E-state index in [2.05, 4.69) is 11.6 Å². The first-order chi connectivity index (χ1) is 20.0. The summed E-state index contributed by atoms with van der Waals surface area (Å²) in [5.41, 5.74) is 4.37. The van der Waals surface area contributed by atoms with Crippen LogP contribution in [0.5, 0.6) is 5.75 Å². The van der Waals surface area contributed by atoms with Gasteiger partial charge in [-0.1, -0.05) is 6.58 Å². The molecule has 2 N–H and O–H groups in total. The monoisotopic (exact) mass is 590 g/mol. The molecule has 1 atom stereocenters. The lowest BCUT2D eigenvalue weighted by atomic mass is 9.98. The Morgan fingerprint density at radius 3 is 2.88 bits per heavy atom. The number of nitrogens with one attached hydrogen (secondary N) is 1. The molecule has 1 aliphatic rings. The Kier molecular flexibility index (Phi) is 7.78. The lowest BCUT2D eigenvalue weighted by Gasteiger charge is -2.28. The zero-order valence-electron chi connectivity index (χ0n) is 22.2. The van der Waals surface area contributed by atoms with E-state index in [1.54, 1.807) is 36.8 Å². The van der Waals surface area contributed by atoms with Crippen molar-refractivity contribution in [3.05, 3.63) is 87.4 Å². The van der Waals surface area contributed by atoms with Gasteiger partial charge in [-0.15, -0.1) is 22.7 Å². The second-order valence-electron chi connectivity index (χ2n) is 9.53. The van der Waals surface area contributed by atoms with Gasteiger partial charge in [0, 0.05) is 76.6 Å². The molecule has 1 aliphatic heterocycles. The highest BCUT2D eigenvalue weighted by Crippen LogP contribution is 2.47.